The fourth-order valence-corrected chi connectivity index (χ4v) is 4.81. The lowest BCUT2D eigenvalue weighted by molar-refractivity contribution is 0.501. The predicted octanol–water partition coefficient (Wildman–Crippen LogP) is 3.32. The van der Waals surface area contributed by atoms with E-state index in [2.05, 4.69) is 0 Å². The Kier molecular flexibility index (Phi) is 5.97. The van der Waals surface area contributed by atoms with Crippen LogP contribution in [0.25, 0.3) is 0 Å². The van der Waals surface area contributed by atoms with Gasteiger partial charge < -0.3 is 16.4 Å². The summed E-state index contributed by atoms with van der Waals surface area (Å²) in [5.74, 6) is 0. The van der Waals surface area contributed by atoms with Crippen molar-refractivity contribution in [2.24, 2.45) is 0 Å². The molecule has 0 amide bonds. The van der Waals surface area contributed by atoms with Gasteiger partial charge >= 0.3 is 0 Å². The minimum Gasteiger partial charge on any atom is -0.398 e. The van der Waals surface area contributed by atoms with Gasteiger partial charge in [0, 0.05) is 22.0 Å². The van der Waals surface area contributed by atoms with Crippen molar-refractivity contribution < 1.29 is 9.46 Å². The van der Waals surface area contributed by atoms with Crippen molar-refractivity contribution in [2.45, 2.75) is 53.4 Å². The number of hydrogen-bond donors (Lipinski definition) is 3. The molecule has 136 valence electrons. The van der Waals surface area contributed by atoms with Crippen LogP contribution in [0.1, 0.15) is 49.9 Å². The number of anilines is 2. The molecule has 2 aromatic carbocycles. The highest BCUT2D eigenvalue weighted by Crippen LogP contribution is 2.41. The van der Waals surface area contributed by atoms with Gasteiger partial charge in [-0.25, -0.2) is 0 Å². The summed E-state index contributed by atoms with van der Waals surface area (Å²) in [7, 11) is -3.71. The summed E-state index contributed by atoms with van der Waals surface area (Å²) >= 11 is 0. The molecule has 0 bridgehead atoms. The molecular weight excluding hydrogens is 331 g/mol. The molecule has 0 saturated heterocycles. The van der Waals surface area contributed by atoms with Crippen LogP contribution in [-0.2, 0) is 30.2 Å². The predicted molar refractivity (Wildman–Crippen MR) is 108 cm³/mol. The Morgan fingerprint density at radius 3 is 1.16 bits per heavy atom. The minimum absolute atomic E-state index is 0.448. The van der Waals surface area contributed by atoms with Crippen molar-refractivity contribution in [3.05, 3.63) is 46.5 Å². The monoisotopic (exact) mass is 360 g/mol. The Hall–Kier alpha value is -1.77. The Bertz CT molecular complexity index is 715. The van der Waals surface area contributed by atoms with Crippen molar-refractivity contribution in [3.8, 4) is 0 Å². The maximum Gasteiger partial charge on any atom is 0.258 e. The molecule has 0 radical (unpaired) electrons. The molecule has 0 spiro atoms. The van der Waals surface area contributed by atoms with E-state index in [9.17, 15) is 9.46 Å². The lowest BCUT2D eigenvalue weighted by Gasteiger charge is -2.19. The molecular formula is C20H29N2O2P. The van der Waals surface area contributed by atoms with E-state index in [1.165, 1.54) is 0 Å². The highest BCUT2D eigenvalue weighted by atomic mass is 31.2. The van der Waals surface area contributed by atoms with Crippen LogP contribution in [0.4, 0.5) is 11.4 Å². The van der Waals surface area contributed by atoms with Gasteiger partial charge in [-0.2, -0.15) is 0 Å². The van der Waals surface area contributed by atoms with Crippen molar-refractivity contribution >= 4 is 29.4 Å². The molecule has 5 heteroatoms. The van der Waals surface area contributed by atoms with Crippen molar-refractivity contribution in [2.75, 3.05) is 11.5 Å². The fraction of sp³-hybridized carbons (Fsp3) is 0.400. The van der Waals surface area contributed by atoms with Gasteiger partial charge in [-0.05, 0) is 72.2 Å². The van der Waals surface area contributed by atoms with Crippen LogP contribution in [-0.4, -0.2) is 4.89 Å². The van der Waals surface area contributed by atoms with Crippen LogP contribution in [0, 0.1) is 0 Å². The molecule has 0 aliphatic rings. The van der Waals surface area contributed by atoms with Crippen LogP contribution < -0.4 is 22.1 Å². The number of nitrogen functional groups attached to an aromatic ring is 2. The van der Waals surface area contributed by atoms with Crippen LogP contribution in [0.15, 0.2) is 24.3 Å². The maximum absolute atomic E-state index is 13.4. The van der Waals surface area contributed by atoms with E-state index in [1.807, 2.05) is 27.7 Å². The van der Waals surface area contributed by atoms with E-state index in [0.29, 0.717) is 10.6 Å². The second kappa shape index (κ2) is 7.63. The number of aryl methyl sites for hydroxylation is 4. The molecule has 0 saturated carbocycles. The standard InChI is InChI=1S/C20H29N2O2P/c1-5-13-9-17(10-14(6-2)19(13)21)25(23,24)18-11-15(7-3)20(22)16(8-4)12-18/h9-12H,5-8,21-22H2,1-4H3,(H,23,24). The van der Waals surface area contributed by atoms with Crippen molar-refractivity contribution in [3.63, 3.8) is 0 Å². The Balaban J connectivity index is 2.69. The Morgan fingerprint density at radius 1 is 0.720 bits per heavy atom. The molecule has 2 aromatic rings. The zero-order valence-corrected chi connectivity index (χ0v) is 16.5. The molecule has 5 N–H and O–H groups in total. The zero-order chi connectivity index (χ0) is 18.8. The second-order valence-corrected chi connectivity index (χ2v) is 8.53. The lowest BCUT2D eigenvalue weighted by Crippen LogP contribution is -2.20. The first-order valence-electron chi connectivity index (χ1n) is 8.96. The van der Waals surface area contributed by atoms with Crippen LogP contribution in [0.3, 0.4) is 0 Å². The summed E-state index contributed by atoms with van der Waals surface area (Å²) in [6.07, 6.45) is 2.92. The fourth-order valence-electron chi connectivity index (χ4n) is 3.19. The van der Waals surface area contributed by atoms with E-state index in [1.54, 1.807) is 24.3 Å². The number of benzene rings is 2. The van der Waals surface area contributed by atoms with E-state index in [-0.39, 0.29) is 0 Å². The van der Waals surface area contributed by atoms with Gasteiger partial charge in [0.15, 0.2) is 0 Å². The summed E-state index contributed by atoms with van der Waals surface area (Å²) in [5, 5.41) is 0.897. The molecule has 0 heterocycles. The van der Waals surface area contributed by atoms with Gasteiger partial charge in [-0.3, -0.25) is 4.57 Å². The Labute approximate surface area is 150 Å². The van der Waals surface area contributed by atoms with Crippen LogP contribution in [0.2, 0.25) is 0 Å². The molecule has 0 fully saturated rings. The van der Waals surface area contributed by atoms with E-state index >= 15 is 0 Å². The Morgan fingerprint density at radius 2 is 0.960 bits per heavy atom. The second-order valence-electron chi connectivity index (χ2n) is 6.35. The molecule has 4 nitrogen and oxygen atoms in total. The summed E-state index contributed by atoms with van der Waals surface area (Å²) < 4.78 is 13.4. The molecule has 0 unspecified atom stereocenters. The first kappa shape index (κ1) is 19.6. The molecule has 0 aliphatic heterocycles. The van der Waals surface area contributed by atoms with Crippen LogP contribution >= 0.6 is 7.37 Å². The molecule has 2 rings (SSSR count). The first-order valence-corrected chi connectivity index (χ1v) is 10.6. The number of rotatable bonds is 6. The molecule has 0 aromatic heterocycles. The third kappa shape index (κ3) is 3.61. The number of nitrogens with two attached hydrogens (primary N) is 2. The van der Waals surface area contributed by atoms with Crippen LogP contribution in [0.5, 0.6) is 0 Å². The summed E-state index contributed by atoms with van der Waals surface area (Å²) in [5.41, 5.74) is 17.5. The van der Waals surface area contributed by atoms with Gasteiger partial charge in [0.25, 0.3) is 7.37 Å². The van der Waals surface area contributed by atoms with E-state index in [4.69, 9.17) is 11.5 Å². The minimum atomic E-state index is -3.71. The third-order valence-electron chi connectivity index (χ3n) is 4.90. The largest absolute Gasteiger partial charge is 0.398 e. The molecule has 0 aliphatic carbocycles. The van der Waals surface area contributed by atoms with E-state index in [0.717, 1.165) is 59.3 Å². The highest BCUT2D eigenvalue weighted by molar-refractivity contribution is 7.73. The molecule has 25 heavy (non-hydrogen) atoms. The normalized spacial score (nSPS) is 11.7. The SMILES string of the molecule is CCc1cc(P(=O)(O)c2cc(CC)c(N)c(CC)c2)cc(CC)c1N. The summed E-state index contributed by atoms with van der Waals surface area (Å²) in [6.45, 7) is 8.02. The molecule has 0 atom stereocenters. The highest BCUT2D eigenvalue weighted by Gasteiger charge is 2.27. The topological polar surface area (TPSA) is 89.3 Å². The van der Waals surface area contributed by atoms with E-state index < -0.39 is 7.37 Å². The average molecular weight is 360 g/mol. The maximum atomic E-state index is 13.4. The van der Waals surface area contributed by atoms with Crippen molar-refractivity contribution in [1.82, 2.24) is 0 Å². The van der Waals surface area contributed by atoms with Crippen molar-refractivity contribution in [1.29, 1.82) is 0 Å². The quantitative estimate of drug-likeness (QED) is 0.544. The van der Waals surface area contributed by atoms with Gasteiger partial charge in [-0.1, -0.05) is 27.7 Å². The van der Waals surface area contributed by atoms with Gasteiger partial charge in [0.2, 0.25) is 0 Å². The third-order valence-corrected chi connectivity index (χ3v) is 6.81. The summed E-state index contributed by atoms with van der Waals surface area (Å²) in [4.78, 5) is 11.0. The van der Waals surface area contributed by atoms with Gasteiger partial charge in [0.1, 0.15) is 0 Å². The first-order chi connectivity index (χ1) is 11.8. The average Bonchev–Trinajstić information content (AvgIpc) is 2.61. The van der Waals surface area contributed by atoms with Gasteiger partial charge in [-0.15, -0.1) is 0 Å². The summed E-state index contributed by atoms with van der Waals surface area (Å²) in [6, 6.07) is 7.12. The van der Waals surface area contributed by atoms with Gasteiger partial charge in [0.05, 0.1) is 0 Å². The lowest BCUT2D eigenvalue weighted by atomic mass is 10.0. The smallest absolute Gasteiger partial charge is 0.258 e. The zero-order valence-electron chi connectivity index (χ0n) is 15.6. The number of hydrogen-bond acceptors (Lipinski definition) is 3.